The molecule has 0 radical (unpaired) electrons. The molecule has 4 rings (SSSR count). The lowest BCUT2D eigenvalue weighted by Gasteiger charge is -2.32. The molecule has 6 nitrogen and oxygen atoms in total. The van der Waals surface area contributed by atoms with Gasteiger partial charge < -0.3 is 15.1 Å². The van der Waals surface area contributed by atoms with Gasteiger partial charge in [-0.2, -0.15) is 18.3 Å². The molecule has 0 aliphatic carbocycles. The second-order valence-electron chi connectivity index (χ2n) is 7.60. The minimum Gasteiger partial charge on any atom is -0.467 e. The Bertz CT molecular complexity index is 1020. The highest BCUT2D eigenvalue weighted by Crippen LogP contribution is 2.43. The fourth-order valence-corrected chi connectivity index (χ4v) is 3.51. The summed E-state index contributed by atoms with van der Waals surface area (Å²) in [7, 11) is 0. The standard InChI is InChI=1S/C21H21F3N4O2/c1-12(2)13-5-7-14(8-6-13)25-20(29)16-11-19-26-15(17-4-3-9-30-17)10-18(21(22,23)24)28(19)27-16/h3-9,11-12,15,18,26H,10H2,1-2H3,(H,25,29)/t15-,18+/m1/s1. The van der Waals surface area contributed by atoms with Crippen molar-refractivity contribution in [1.29, 1.82) is 0 Å². The van der Waals surface area contributed by atoms with Crippen LogP contribution in [0.15, 0.2) is 53.1 Å². The van der Waals surface area contributed by atoms with Crippen LogP contribution < -0.4 is 10.6 Å². The predicted molar refractivity (Wildman–Crippen MR) is 105 cm³/mol. The fraction of sp³-hybridized carbons (Fsp3) is 0.333. The Kier molecular flexibility index (Phi) is 5.05. The van der Waals surface area contributed by atoms with Gasteiger partial charge in [-0.3, -0.25) is 4.79 Å². The lowest BCUT2D eigenvalue weighted by atomic mass is 10.0. The lowest BCUT2D eigenvalue weighted by Crippen LogP contribution is -2.35. The molecule has 3 aromatic rings. The van der Waals surface area contributed by atoms with Gasteiger partial charge in [0, 0.05) is 18.2 Å². The quantitative estimate of drug-likeness (QED) is 0.586. The van der Waals surface area contributed by atoms with Crippen LogP contribution in [0.25, 0.3) is 0 Å². The Morgan fingerprint density at radius 3 is 2.60 bits per heavy atom. The van der Waals surface area contributed by atoms with Crippen LogP contribution in [0, 0.1) is 0 Å². The molecule has 1 aliphatic heterocycles. The smallest absolute Gasteiger partial charge is 0.410 e. The summed E-state index contributed by atoms with van der Waals surface area (Å²) >= 11 is 0. The summed E-state index contributed by atoms with van der Waals surface area (Å²) in [6.07, 6.45) is -3.40. The van der Waals surface area contributed by atoms with E-state index < -0.39 is 24.2 Å². The van der Waals surface area contributed by atoms with Gasteiger partial charge in [-0.05, 0) is 35.7 Å². The number of anilines is 2. The Balaban J connectivity index is 1.59. The van der Waals surface area contributed by atoms with Crippen molar-refractivity contribution in [2.75, 3.05) is 10.6 Å². The van der Waals surface area contributed by atoms with E-state index in [1.807, 2.05) is 12.1 Å². The average Bonchev–Trinajstić information content (AvgIpc) is 3.36. The first kappa shape index (κ1) is 20.1. The van der Waals surface area contributed by atoms with Crippen LogP contribution in [0.1, 0.15) is 60.1 Å². The number of benzene rings is 1. The molecular weight excluding hydrogens is 397 g/mol. The number of nitrogens with zero attached hydrogens (tertiary/aromatic N) is 2. The van der Waals surface area contributed by atoms with E-state index in [-0.39, 0.29) is 17.9 Å². The van der Waals surface area contributed by atoms with E-state index in [4.69, 9.17) is 4.42 Å². The summed E-state index contributed by atoms with van der Waals surface area (Å²) in [4.78, 5) is 12.6. The van der Waals surface area contributed by atoms with Crippen LogP contribution in [-0.4, -0.2) is 21.9 Å². The molecule has 2 atom stereocenters. The third kappa shape index (κ3) is 3.92. The molecule has 30 heavy (non-hydrogen) atoms. The number of carbonyl (C=O) groups excluding carboxylic acids is 1. The molecule has 1 amide bonds. The molecule has 9 heteroatoms. The molecular formula is C21H21F3N4O2. The van der Waals surface area contributed by atoms with Crippen molar-refractivity contribution in [3.05, 3.63) is 65.7 Å². The van der Waals surface area contributed by atoms with Crippen LogP contribution in [0.5, 0.6) is 0 Å². The normalized spacial score (nSPS) is 18.7. The van der Waals surface area contributed by atoms with E-state index in [1.54, 1.807) is 24.3 Å². The minimum absolute atomic E-state index is 0.0974. The van der Waals surface area contributed by atoms with E-state index in [0.717, 1.165) is 10.2 Å². The van der Waals surface area contributed by atoms with Crippen molar-refractivity contribution in [1.82, 2.24) is 9.78 Å². The number of amides is 1. The average molecular weight is 418 g/mol. The Morgan fingerprint density at radius 1 is 1.27 bits per heavy atom. The lowest BCUT2D eigenvalue weighted by molar-refractivity contribution is -0.174. The zero-order valence-corrected chi connectivity index (χ0v) is 16.4. The highest BCUT2D eigenvalue weighted by atomic mass is 19.4. The van der Waals surface area contributed by atoms with Crippen molar-refractivity contribution in [2.45, 2.75) is 44.4 Å². The SMILES string of the molecule is CC(C)c1ccc(NC(=O)c2cc3n(n2)[C@H](C(F)(F)F)C[C@H](c2ccco2)N3)cc1. The number of fused-ring (bicyclic) bond motifs is 1. The molecule has 0 bridgehead atoms. The molecule has 0 saturated heterocycles. The van der Waals surface area contributed by atoms with Gasteiger partial charge in [0.25, 0.3) is 5.91 Å². The molecule has 158 valence electrons. The third-order valence-corrected chi connectivity index (χ3v) is 5.14. The number of rotatable bonds is 4. The number of alkyl halides is 3. The van der Waals surface area contributed by atoms with E-state index in [2.05, 4.69) is 29.6 Å². The maximum Gasteiger partial charge on any atom is 0.410 e. The van der Waals surface area contributed by atoms with Gasteiger partial charge in [-0.1, -0.05) is 26.0 Å². The van der Waals surface area contributed by atoms with Crippen LogP contribution >= 0.6 is 0 Å². The molecule has 3 heterocycles. The van der Waals surface area contributed by atoms with Crippen molar-refractivity contribution in [3.8, 4) is 0 Å². The molecule has 0 saturated carbocycles. The van der Waals surface area contributed by atoms with Crippen LogP contribution in [0.4, 0.5) is 24.7 Å². The summed E-state index contributed by atoms with van der Waals surface area (Å²) in [5.41, 5.74) is 1.57. The number of hydrogen-bond acceptors (Lipinski definition) is 4. The number of hydrogen-bond donors (Lipinski definition) is 2. The van der Waals surface area contributed by atoms with Gasteiger partial charge in [0.15, 0.2) is 11.7 Å². The van der Waals surface area contributed by atoms with E-state index in [9.17, 15) is 18.0 Å². The molecule has 1 aromatic carbocycles. The van der Waals surface area contributed by atoms with E-state index in [0.29, 0.717) is 17.4 Å². The van der Waals surface area contributed by atoms with Crippen LogP contribution in [0.3, 0.4) is 0 Å². The Hall–Kier alpha value is -3.23. The van der Waals surface area contributed by atoms with Gasteiger partial charge in [-0.15, -0.1) is 0 Å². The molecule has 2 N–H and O–H groups in total. The zero-order valence-electron chi connectivity index (χ0n) is 16.4. The highest BCUT2D eigenvalue weighted by molar-refractivity contribution is 6.03. The third-order valence-electron chi connectivity index (χ3n) is 5.14. The summed E-state index contributed by atoms with van der Waals surface area (Å²) < 4.78 is 47.1. The second kappa shape index (κ2) is 7.55. The number of nitrogens with one attached hydrogen (secondary N) is 2. The molecule has 0 unspecified atom stereocenters. The van der Waals surface area contributed by atoms with Gasteiger partial charge in [-0.25, -0.2) is 4.68 Å². The Morgan fingerprint density at radius 2 is 2.00 bits per heavy atom. The van der Waals surface area contributed by atoms with Crippen LogP contribution in [0.2, 0.25) is 0 Å². The first-order valence-corrected chi connectivity index (χ1v) is 9.60. The molecule has 1 aliphatic rings. The summed E-state index contributed by atoms with van der Waals surface area (Å²) in [5, 5.41) is 9.62. The summed E-state index contributed by atoms with van der Waals surface area (Å²) in [6, 6.07) is 9.33. The topological polar surface area (TPSA) is 72.1 Å². The van der Waals surface area contributed by atoms with Gasteiger partial charge in [0.05, 0.1) is 12.3 Å². The Labute approximate surface area is 171 Å². The monoisotopic (exact) mass is 418 g/mol. The summed E-state index contributed by atoms with van der Waals surface area (Å²) in [5.74, 6) is 0.284. The zero-order chi connectivity index (χ0) is 21.5. The van der Waals surface area contributed by atoms with Gasteiger partial charge in [0.1, 0.15) is 11.6 Å². The van der Waals surface area contributed by atoms with Gasteiger partial charge in [0.2, 0.25) is 0 Å². The second-order valence-corrected chi connectivity index (χ2v) is 7.60. The first-order chi connectivity index (χ1) is 14.2. The predicted octanol–water partition coefficient (Wildman–Crippen LogP) is 5.51. The number of aromatic nitrogens is 2. The number of furan rings is 1. The van der Waals surface area contributed by atoms with E-state index >= 15 is 0 Å². The molecule has 2 aromatic heterocycles. The van der Waals surface area contributed by atoms with Gasteiger partial charge >= 0.3 is 6.18 Å². The summed E-state index contributed by atoms with van der Waals surface area (Å²) in [6.45, 7) is 4.12. The first-order valence-electron chi connectivity index (χ1n) is 9.60. The fourth-order valence-electron chi connectivity index (χ4n) is 3.51. The maximum absolute atomic E-state index is 13.7. The number of carbonyl (C=O) groups is 1. The highest BCUT2D eigenvalue weighted by Gasteiger charge is 2.47. The van der Waals surface area contributed by atoms with Crippen molar-refractivity contribution in [3.63, 3.8) is 0 Å². The minimum atomic E-state index is -4.52. The van der Waals surface area contributed by atoms with Crippen molar-refractivity contribution < 1.29 is 22.4 Å². The number of halogens is 3. The maximum atomic E-state index is 13.7. The molecule has 0 spiro atoms. The van der Waals surface area contributed by atoms with E-state index in [1.165, 1.54) is 12.3 Å². The van der Waals surface area contributed by atoms with Crippen molar-refractivity contribution in [2.24, 2.45) is 0 Å². The molecule has 0 fully saturated rings. The van der Waals surface area contributed by atoms with Crippen LogP contribution in [-0.2, 0) is 0 Å². The largest absolute Gasteiger partial charge is 0.467 e. The van der Waals surface area contributed by atoms with Crippen molar-refractivity contribution >= 4 is 17.4 Å².